The average molecular weight is 244 g/mol. The van der Waals surface area contributed by atoms with Crippen molar-refractivity contribution in [3.63, 3.8) is 0 Å². The largest absolute Gasteiger partial charge is 0.302 e. The summed E-state index contributed by atoms with van der Waals surface area (Å²) in [5.74, 6) is 0. The summed E-state index contributed by atoms with van der Waals surface area (Å²) in [6.07, 6.45) is 0.881. The van der Waals surface area contributed by atoms with Gasteiger partial charge in [0.2, 0.25) is 0 Å². The molecule has 0 aromatic heterocycles. The highest BCUT2D eigenvalue weighted by Gasteiger charge is 2.24. The normalized spacial score (nSPS) is 21.5. The van der Waals surface area contributed by atoms with E-state index in [-0.39, 0.29) is 4.83 Å². The van der Waals surface area contributed by atoms with Crippen LogP contribution in [-0.2, 0) is 4.79 Å². The fourth-order valence-electron chi connectivity index (χ4n) is 0.0938. The number of rotatable bonds is 2. The molecule has 3 heteroatoms. The molecule has 0 N–H and O–H groups in total. The molecule has 0 saturated heterocycles. The predicted molar refractivity (Wildman–Crippen MR) is 41.8 cm³/mol. The first kappa shape index (κ1) is 8.63. The van der Waals surface area contributed by atoms with Crippen LogP contribution in [0.25, 0.3) is 0 Å². The van der Waals surface area contributed by atoms with Crippen molar-refractivity contribution in [1.82, 2.24) is 0 Å². The van der Waals surface area contributed by atoms with Gasteiger partial charge in [0.15, 0.2) is 0 Å². The molecular weight excluding hydrogens is 236 g/mol. The van der Waals surface area contributed by atoms with Gasteiger partial charge >= 0.3 is 0 Å². The zero-order valence-corrected chi connectivity index (χ0v) is 7.99. The maximum absolute atomic E-state index is 10.2. The van der Waals surface area contributed by atoms with Crippen LogP contribution in [0.15, 0.2) is 0 Å². The number of alkyl halides is 2. The van der Waals surface area contributed by atoms with Crippen molar-refractivity contribution in [3.8, 4) is 0 Å². The fourth-order valence-corrected chi connectivity index (χ4v) is 0.202. The molecular formula is C5H8Br2O. The second-order valence-electron chi connectivity index (χ2n) is 1.89. The zero-order valence-electron chi connectivity index (χ0n) is 4.82. The fraction of sp³-hybridized carbons (Fsp3) is 0.800. The van der Waals surface area contributed by atoms with E-state index in [1.807, 2.05) is 13.8 Å². The molecule has 1 nitrogen and oxygen atoms in total. The van der Waals surface area contributed by atoms with Crippen LogP contribution in [-0.4, -0.2) is 15.4 Å². The second kappa shape index (κ2) is 2.97. The number of carbonyl (C=O) groups is 1. The van der Waals surface area contributed by atoms with Crippen molar-refractivity contribution in [2.24, 2.45) is 0 Å². The van der Waals surface area contributed by atoms with Gasteiger partial charge in [0.1, 0.15) is 6.29 Å². The predicted octanol–water partition coefficient (Wildman–Crippen LogP) is 2.12. The molecule has 2 atom stereocenters. The highest BCUT2D eigenvalue weighted by Crippen LogP contribution is 2.24. The molecule has 0 aromatic carbocycles. The second-order valence-corrected chi connectivity index (χ2v) is 4.97. The molecule has 0 heterocycles. The van der Waals surface area contributed by atoms with Gasteiger partial charge in [-0.3, -0.25) is 0 Å². The summed E-state index contributed by atoms with van der Waals surface area (Å²) in [7, 11) is 0. The molecule has 2 unspecified atom stereocenters. The summed E-state index contributed by atoms with van der Waals surface area (Å²) in [6, 6.07) is 0. The number of hydrogen-bond donors (Lipinski definition) is 0. The third kappa shape index (κ3) is 2.27. The maximum atomic E-state index is 10.2. The van der Waals surface area contributed by atoms with E-state index >= 15 is 0 Å². The monoisotopic (exact) mass is 242 g/mol. The van der Waals surface area contributed by atoms with Gasteiger partial charge in [-0.25, -0.2) is 0 Å². The lowest BCUT2D eigenvalue weighted by Gasteiger charge is -2.16. The van der Waals surface area contributed by atoms with Gasteiger partial charge in [-0.2, -0.15) is 0 Å². The van der Waals surface area contributed by atoms with Crippen LogP contribution >= 0.6 is 31.9 Å². The smallest absolute Gasteiger partial charge is 0.137 e. The Morgan fingerprint density at radius 1 is 1.75 bits per heavy atom. The average Bonchev–Trinajstić information content (AvgIpc) is 1.67. The third-order valence-electron chi connectivity index (χ3n) is 1.01. The number of halogens is 2. The first-order valence-corrected chi connectivity index (χ1v) is 4.01. The van der Waals surface area contributed by atoms with Gasteiger partial charge in [0.05, 0.1) is 4.32 Å². The van der Waals surface area contributed by atoms with Gasteiger partial charge < -0.3 is 4.79 Å². The molecule has 0 saturated carbocycles. The van der Waals surface area contributed by atoms with Gasteiger partial charge in [-0.05, 0) is 6.92 Å². The molecule has 0 rings (SSSR count). The molecule has 0 amide bonds. The maximum Gasteiger partial charge on any atom is 0.137 e. The standard InChI is InChI=1S/C5H8Br2O/c1-4(6)5(2,7)3-8/h3-4H,1-2H3. The van der Waals surface area contributed by atoms with Crippen molar-refractivity contribution in [2.75, 3.05) is 0 Å². The Kier molecular flexibility index (Phi) is 3.20. The van der Waals surface area contributed by atoms with Crippen molar-refractivity contribution in [2.45, 2.75) is 23.0 Å². The van der Waals surface area contributed by atoms with Crippen LogP contribution in [0, 0.1) is 0 Å². The molecule has 0 aromatic rings. The van der Waals surface area contributed by atoms with Crippen LogP contribution in [0.2, 0.25) is 0 Å². The van der Waals surface area contributed by atoms with E-state index in [1.54, 1.807) is 0 Å². The SMILES string of the molecule is CC(Br)C(C)(Br)C=O. The van der Waals surface area contributed by atoms with Crippen LogP contribution in [0.3, 0.4) is 0 Å². The van der Waals surface area contributed by atoms with Crippen LogP contribution in [0.5, 0.6) is 0 Å². The summed E-state index contributed by atoms with van der Waals surface area (Å²) < 4.78 is -0.410. The molecule has 0 aliphatic carbocycles. The van der Waals surface area contributed by atoms with Crippen molar-refractivity contribution >= 4 is 38.1 Å². The van der Waals surface area contributed by atoms with E-state index in [0.29, 0.717) is 0 Å². The summed E-state index contributed by atoms with van der Waals surface area (Å²) in [5.41, 5.74) is 0. The van der Waals surface area contributed by atoms with Gasteiger partial charge in [0, 0.05) is 4.83 Å². The molecule has 0 spiro atoms. The summed E-state index contributed by atoms with van der Waals surface area (Å²) >= 11 is 6.51. The van der Waals surface area contributed by atoms with E-state index in [2.05, 4.69) is 31.9 Å². The minimum absolute atomic E-state index is 0.174. The van der Waals surface area contributed by atoms with Crippen molar-refractivity contribution in [3.05, 3.63) is 0 Å². The van der Waals surface area contributed by atoms with Crippen molar-refractivity contribution in [1.29, 1.82) is 0 Å². The number of hydrogen-bond acceptors (Lipinski definition) is 1. The molecule has 0 aliphatic heterocycles. The lowest BCUT2D eigenvalue weighted by atomic mass is 10.1. The highest BCUT2D eigenvalue weighted by atomic mass is 79.9. The Labute approximate surface area is 66.1 Å². The van der Waals surface area contributed by atoms with E-state index in [9.17, 15) is 4.79 Å². The lowest BCUT2D eigenvalue weighted by Crippen LogP contribution is -2.27. The first-order chi connectivity index (χ1) is 3.50. The minimum atomic E-state index is -0.410. The quantitative estimate of drug-likeness (QED) is 0.537. The van der Waals surface area contributed by atoms with Crippen molar-refractivity contribution < 1.29 is 4.79 Å². The molecule has 8 heavy (non-hydrogen) atoms. The Balaban J connectivity index is 3.90. The van der Waals surface area contributed by atoms with Crippen LogP contribution in [0.1, 0.15) is 13.8 Å². The highest BCUT2D eigenvalue weighted by molar-refractivity contribution is 9.12. The molecule has 48 valence electrons. The molecule has 0 fully saturated rings. The van der Waals surface area contributed by atoms with Gasteiger partial charge in [0.25, 0.3) is 0 Å². The topological polar surface area (TPSA) is 17.1 Å². The van der Waals surface area contributed by atoms with Gasteiger partial charge in [-0.15, -0.1) is 0 Å². The minimum Gasteiger partial charge on any atom is -0.302 e. The Morgan fingerprint density at radius 3 is 2.12 bits per heavy atom. The number of carbonyl (C=O) groups excluding carboxylic acids is 1. The van der Waals surface area contributed by atoms with Crippen LogP contribution < -0.4 is 0 Å². The third-order valence-corrected chi connectivity index (χ3v) is 3.45. The molecule has 0 bridgehead atoms. The van der Waals surface area contributed by atoms with Crippen LogP contribution in [0.4, 0.5) is 0 Å². The summed E-state index contributed by atoms with van der Waals surface area (Å²) in [5, 5.41) is 0. The molecule has 0 radical (unpaired) electrons. The van der Waals surface area contributed by atoms with E-state index in [0.717, 1.165) is 6.29 Å². The Bertz CT molecular complexity index is 88.4. The van der Waals surface area contributed by atoms with E-state index in [4.69, 9.17) is 0 Å². The first-order valence-electron chi connectivity index (χ1n) is 2.30. The Morgan fingerprint density at radius 2 is 2.12 bits per heavy atom. The summed E-state index contributed by atoms with van der Waals surface area (Å²) in [4.78, 5) is 10.4. The zero-order chi connectivity index (χ0) is 6.78. The van der Waals surface area contributed by atoms with E-state index < -0.39 is 4.32 Å². The summed E-state index contributed by atoms with van der Waals surface area (Å²) in [6.45, 7) is 3.74. The molecule has 0 aliphatic rings. The van der Waals surface area contributed by atoms with E-state index in [1.165, 1.54) is 0 Å². The lowest BCUT2D eigenvalue weighted by molar-refractivity contribution is -0.109. The number of aldehydes is 1. The van der Waals surface area contributed by atoms with Gasteiger partial charge in [-0.1, -0.05) is 38.8 Å². The Hall–Kier alpha value is 0.630.